The van der Waals surface area contributed by atoms with E-state index in [4.69, 9.17) is 5.73 Å². The molecule has 8 heteroatoms. The van der Waals surface area contributed by atoms with Crippen LogP contribution in [-0.2, 0) is 0 Å². The molecule has 2 amide bonds. The van der Waals surface area contributed by atoms with Crippen LogP contribution in [0.2, 0.25) is 0 Å². The molecular formula is C20H13N3O5. The molecule has 4 N–H and O–H groups in total. The third kappa shape index (κ3) is 2.47. The van der Waals surface area contributed by atoms with Crippen LogP contribution in [-0.4, -0.2) is 27.5 Å². The van der Waals surface area contributed by atoms with Gasteiger partial charge in [0.15, 0.2) is 0 Å². The summed E-state index contributed by atoms with van der Waals surface area (Å²) in [5.41, 5.74) is 6.24. The van der Waals surface area contributed by atoms with Crippen LogP contribution in [0.25, 0.3) is 16.8 Å². The second kappa shape index (κ2) is 6.20. The number of pyridine rings is 1. The normalized spacial score (nSPS) is 12.6. The molecule has 138 valence electrons. The first kappa shape index (κ1) is 17.2. The summed E-state index contributed by atoms with van der Waals surface area (Å²) in [6.07, 6.45) is 0. The number of nitrogens with two attached hydrogens (primary N) is 1. The molecule has 28 heavy (non-hydrogen) atoms. The van der Waals surface area contributed by atoms with Crippen molar-refractivity contribution in [3.05, 3.63) is 81.6 Å². The molecule has 2 aromatic carbocycles. The lowest BCUT2D eigenvalue weighted by Gasteiger charge is -2.17. The third-order valence-electron chi connectivity index (χ3n) is 4.53. The quantitative estimate of drug-likeness (QED) is 0.597. The van der Waals surface area contributed by atoms with Crippen LogP contribution in [0.15, 0.2) is 59.4 Å². The molecule has 0 atom stereocenters. The van der Waals surface area contributed by atoms with E-state index >= 15 is 0 Å². The number of aromatic carboxylic acids is 1. The first-order chi connectivity index (χ1) is 13.4. The molecule has 1 aliphatic rings. The van der Waals surface area contributed by atoms with Crippen LogP contribution < -0.4 is 16.6 Å². The Balaban J connectivity index is 2.10. The van der Waals surface area contributed by atoms with Crippen molar-refractivity contribution in [2.24, 2.45) is 0 Å². The SMILES string of the molecule is Nc1c2c(cc(=O)n1-c1cccc(C(=O)O)c1-c1ccccc1)C(=O)NC2=O. The Bertz CT molecular complexity index is 1230. The van der Waals surface area contributed by atoms with Gasteiger partial charge in [-0.1, -0.05) is 36.4 Å². The van der Waals surface area contributed by atoms with Crippen molar-refractivity contribution in [1.29, 1.82) is 0 Å². The number of nitrogens with zero attached hydrogens (tertiary/aromatic N) is 1. The van der Waals surface area contributed by atoms with Crippen LogP contribution in [0.5, 0.6) is 0 Å². The van der Waals surface area contributed by atoms with Gasteiger partial charge in [0, 0.05) is 11.6 Å². The average Bonchev–Trinajstić information content (AvgIpc) is 2.95. The molecule has 0 spiro atoms. The summed E-state index contributed by atoms with van der Waals surface area (Å²) in [6.45, 7) is 0. The Hall–Kier alpha value is -4.20. The van der Waals surface area contributed by atoms with Gasteiger partial charge in [0.05, 0.1) is 22.4 Å². The molecule has 8 nitrogen and oxygen atoms in total. The van der Waals surface area contributed by atoms with E-state index in [-0.39, 0.29) is 33.8 Å². The van der Waals surface area contributed by atoms with E-state index in [9.17, 15) is 24.3 Å². The fraction of sp³-hybridized carbons (Fsp3) is 0. The van der Waals surface area contributed by atoms with Crippen LogP contribution >= 0.6 is 0 Å². The summed E-state index contributed by atoms with van der Waals surface area (Å²) >= 11 is 0. The summed E-state index contributed by atoms with van der Waals surface area (Å²) in [5, 5.41) is 11.7. The van der Waals surface area contributed by atoms with Gasteiger partial charge in [0.1, 0.15) is 5.82 Å². The smallest absolute Gasteiger partial charge is 0.336 e. The van der Waals surface area contributed by atoms with Gasteiger partial charge in [-0.05, 0) is 17.7 Å². The lowest BCUT2D eigenvalue weighted by Crippen LogP contribution is -2.25. The first-order valence-corrected chi connectivity index (χ1v) is 8.23. The highest BCUT2D eigenvalue weighted by atomic mass is 16.4. The number of carboxylic acid groups (broad SMARTS) is 1. The fourth-order valence-electron chi connectivity index (χ4n) is 3.34. The Morgan fingerprint density at radius 3 is 2.32 bits per heavy atom. The summed E-state index contributed by atoms with van der Waals surface area (Å²) < 4.78 is 1.05. The van der Waals surface area contributed by atoms with Crippen molar-refractivity contribution in [2.75, 3.05) is 5.73 Å². The number of hydrogen-bond donors (Lipinski definition) is 3. The predicted octanol–water partition coefficient (Wildman–Crippen LogP) is 1.67. The molecule has 1 aliphatic heterocycles. The number of rotatable bonds is 3. The maximum atomic E-state index is 12.8. The summed E-state index contributed by atoms with van der Waals surface area (Å²) in [5.74, 6) is -2.81. The number of nitrogens with one attached hydrogen (secondary N) is 1. The van der Waals surface area contributed by atoms with Gasteiger partial charge in [-0.25, -0.2) is 4.79 Å². The van der Waals surface area contributed by atoms with Gasteiger partial charge >= 0.3 is 5.97 Å². The predicted molar refractivity (Wildman–Crippen MR) is 101 cm³/mol. The van der Waals surface area contributed by atoms with E-state index in [2.05, 4.69) is 5.32 Å². The zero-order valence-electron chi connectivity index (χ0n) is 14.3. The van der Waals surface area contributed by atoms with Crippen molar-refractivity contribution in [1.82, 2.24) is 9.88 Å². The third-order valence-corrected chi connectivity index (χ3v) is 4.53. The lowest BCUT2D eigenvalue weighted by molar-refractivity contribution is 0.0696. The Kier molecular flexibility index (Phi) is 3.82. The minimum absolute atomic E-state index is 0.0315. The molecule has 0 radical (unpaired) electrons. The number of nitrogen functional groups attached to an aromatic ring is 1. The minimum Gasteiger partial charge on any atom is -0.478 e. The van der Waals surface area contributed by atoms with Gasteiger partial charge in [-0.2, -0.15) is 0 Å². The highest BCUT2D eigenvalue weighted by Gasteiger charge is 2.32. The number of fused-ring (bicyclic) bond motifs is 1. The van der Waals surface area contributed by atoms with Crippen LogP contribution in [0.3, 0.4) is 0 Å². The van der Waals surface area contributed by atoms with Crippen molar-refractivity contribution in [3.63, 3.8) is 0 Å². The average molecular weight is 375 g/mol. The number of carbonyl (C=O) groups is 3. The zero-order chi connectivity index (χ0) is 20.0. The molecule has 1 aromatic heterocycles. The Morgan fingerprint density at radius 1 is 0.929 bits per heavy atom. The highest BCUT2D eigenvalue weighted by molar-refractivity contribution is 6.23. The maximum Gasteiger partial charge on any atom is 0.336 e. The highest BCUT2D eigenvalue weighted by Crippen LogP contribution is 2.32. The van der Waals surface area contributed by atoms with Crippen molar-refractivity contribution in [3.8, 4) is 16.8 Å². The number of anilines is 1. The van der Waals surface area contributed by atoms with E-state index in [1.54, 1.807) is 30.3 Å². The largest absolute Gasteiger partial charge is 0.478 e. The topological polar surface area (TPSA) is 131 Å². The lowest BCUT2D eigenvalue weighted by atomic mass is 9.97. The van der Waals surface area contributed by atoms with Crippen LogP contribution in [0, 0.1) is 0 Å². The zero-order valence-corrected chi connectivity index (χ0v) is 14.3. The van der Waals surface area contributed by atoms with Crippen molar-refractivity contribution >= 4 is 23.6 Å². The molecule has 4 rings (SSSR count). The standard InChI is InChI=1S/C20H13N3O5/c21-17-16-12(18(25)22-19(16)26)9-14(24)23(17)13-8-4-7-11(20(27)28)15(13)10-5-2-1-3-6-10/h1-9H,21H2,(H,27,28)(H,22,25,26). The van der Waals surface area contributed by atoms with E-state index in [1.807, 2.05) is 0 Å². The summed E-state index contributed by atoms with van der Waals surface area (Å²) in [4.78, 5) is 48.5. The Morgan fingerprint density at radius 2 is 1.64 bits per heavy atom. The second-order valence-electron chi connectivity index (χ2n) is 6.15. The molecule has 0 bridgehead atoms. The number of carbonyl (C=O) groups excluding carboxylic acids is 2. The van der Waals surface area contributed by atoms with Crippen LogP contribution in [0.1, 0.15) is 31.1 Å². The van der Waals surface area contributed by atoms with Gasteiger partial charge in [0.25, 0.3) is 17.4 Å². The van der Waals surface area contributed by atoms with Crippen LogP contribution in [0.4, 0.5) is 5.82 Å². The van der Waals surface area contributed by atoms with Gasteiger partial charge in [-0.15, -0.1) is 0 Å². The van der Waals surface area contributed by atoms with E-state index < -0.39 is 23.3 Å². The monoisotopic (exact) mass is 375 g/mol. The van der Waals surface area contributed by atoms with Gasteiger partial charge < -0.3 is 10.8 Å². The number of carboxylic acids is 1. The molecule has 0 aliphatic carbocycles. The number of benzene rings is 2. The number of imide groups is 1. The van der Waals surface area contributed by atoms with E-state index in [0.717, 1.165) is 10.6 Å². The maximum absolute atomic E-state index is 12.8. The van der Waals surface area contributed by atoms with E-state index in [0.29, 0.717) is 5.56 Å². The Labute approximate surface area is 157 Å². The fourth-order valence-corrected chi connectivity index (χ4v) is 3.34. The molecule has 0 fully saturated rings. The second-order valence-corrected chi connectivity index (χ2v) is 6.15. The molecule has 3 aromatic rings. The summed E-state index contributed by atoms with van der Waals surface area (Å²) in [7, 11) is 0. The molecule has 0 saturated carbocycles. The van der Waals surface area contributed by atoms with Gasteiger partial charge in [0.2, 0.25) is 0 Å². The van der Waals surface area contributed by atoms with Crippen molar-refractivity contribution < 1.29 is 19.5 Å². The number of amides is 2. The molecule has 0 saturated heterocycles. The number of aromatic nitrogens is 1. The first-order valence-electron chi connectivity index (χ1n) is 8.23. The molecular weight excluding hydrogens is 362 g/mol. The van der Waals surface area contributed by atoms with E-state index in [1.165, 1.54) is 18.2 Å². The van der Waals surface area contributed by atoms with Gasteiger partial charge in [-0.3, -0.25) is 24.3 Å². The molecule has 2 heterocycles. The van der Waals surface area contributed by atoms with Crippen molar-refractivity contribution in [2.45, 2.75) is 0 Å². The molecule has 0 unspecified atom stereocenters. The minimum atomic E-state index is -1.18. The number of hydrogen-bond acceptors (Lipinski definition) is 5. The summed E-state index contributed by atoms with van der Waals surface area (Å²) in [6, 6.07) is 14.1.